The minimum atomic E-state index is -0.775. The highest BCUT2D eigenvalue weighted by Gasteiger charge is 2.36. The summed E-state index contributed by atoms with van der Waals surface area (Å²) in [7, 11) is 0. The molecular formula is C24H20N2O5. The van der Waals surface area contributed by atoms with Gasteiger partial charge in [-0.05, 0) is 48.4 Å². The summed E-state index contributed by atoms with van der Waals surface area (Å²) in [6.07, 6.45) is 2.90. The van der Waals surface area contributed by atoms with Crippen LogP contribution in [0.1, 0.15) is 22.5 Å². The van der Waals surface area contributed by atoms with Crippen LogP contribution in [0.5, 0.6) is 5.75 Å². The number of amides is 4. The Labute approximate surface area is 178 Å². The van der Waals surface area contributed by atoms with Gasteiger partial charge in [0.1, 0.15) is 23.7 Å². The maximum atomic E-state index is 12.7. The van der Waals surface area contributed by atoms with Crippen LogP contribution < -0.4 is 10.1 Å². The average molecular weight is 416 g/mol. The number of furan rings is 1. The molecular weight excluding hydrogens is 396 g/mol. The van der Waals surface area contributed by atoms with Crippen LogP contribution in [0.25, 0.3) is 6.08 Å². The van der Waals surface area contributed by atoms with Crippen molar-refractivity contribution in [1.82, 2.24) is 10.2 Å². The number of hydrogen-bond acceptors (Lipinski definition) is 5. The first kappa shape index (κ1) is 20.2. The lowest BCUT2D eigenvalue weighted by Gasteiger charge is -2.25. The number of nitrogens with zero attached hydrogens (tertiary/aromatic N) is 1. The lowest BCUT2D eigenvalue weighted by Crippen LogP contribution is -2.53. The number of benzene rings is 2. The maximum absolute atomic E-state index is 12.7. The van der Waals surface area contributed by atoms with Gasteiger partial charge in [0, 0.05) is 0 Å². The van der Waals surface area contributed by atoms with E-state index in [9.17, 15) is 14.4 Å². The molecule has 1 aromatic heterocycles. The highest BCUT2D eigenvalue weighted by atomic mass is 16.5. The van der Waals surface area contributed by atoms with E-state index in [1.54, 1.807) is 36.4 Å². The Morgan fingerprint density at radius 1 is 1.03 bits per heavy atom. The molecule has 4 amide bonds. The molecule has 7 nitrogen and oxygen atoms in total. The van der Waals surface area contributed by atoms with E-state index in [4.69, 9.17) is 9.15 Å². The third-order valence-electron chi connectivity index (χ3n) is 4.76. The Kier molecular flexibility index (Phi) is 5.66. The number of urea groups is 1. The van der Waals surface area contributed by atoms with E-state index in [1.165, 1.54) is 12.3 Å². The topological polar surface area (TPSA) is 88.8 Å². The first-order valence-corrected chi connectivity index (χ1v) is 9.69. The van der Waals surface area contributed by atoms with E-state index in [1.807, 2.05) is 25.1 Å². The molecule has 0 unspecified atom stereocenters. The molecule has 4 rings (SSSR count). The van der Waals surface area contributed by atoms with Gasteiger partial charge in [0.25, 0.3) is 11.8 Å². The molecule has 31 heavy (non-hydrogen) atoms. The van der Waals surface area contributed by atoms with Gasteiger partial charge in [-0.2, -0.15) is 0 Å². The van der Waals surface area contributed by atoms with E-state index in [0.29, 0.717) is 23.7 Å². The number of hydrogen-bond donors (Lipinski definition) is 1. The van der Waals surface area contributed by atoms with E-state index in [-0.39, 0.29) is 12.1 Å². The van der Waals surface area contributed by atoms with Crippen LogP contribution in [0.15, 0.2) is 76.9 Å². The maximum Gasteiger partial charge on any atom is 0.331 e. The summed E-state index contributed by atoms with van der Waals surface area (Å²) >= 11 is 0. The summed E-state index contributed by atoms with van der Waals surface area (Å²) in [6, 6.07) is 17.6. The molecule has 1 N–H and O–H groups in total. The van der Waals surface area contributed by atoms with Gasteiger partial charge in [-0.25, -0.2) is 4.79 Å². The summed E-state index contributed by atoms with van der Waals surface area (Å²) in [5.74, 6) is -0.305. The van der Waals surface area contributed by atoms with Crippen molar-refractivity contribution in [3.8, 4) is 5.75 Å². The molecule has 1 aliphatic rings. The van der Waals surface area contributed by atoms with Crippen LogP contribution in [0.2, 0.25) is 0 Å². The van der Waals surface area contributed by atoms with Gasteiger partial charge >= 0.3 is 6.03 Å². The van der Waals surface area contributed by atoms with Crippen LogP contribution in [0, 0.1) is 6.92 Å². The van der Waals surface area contributed by atoms with Crippen LogP contribution >= 0.6 is 0 Å². The first-order chi connectivity index (χ1) is 15.0. The fraction of sp³-hybridized carbons (Fsp3) is 0.125. The third-order valence-corrected chi connectivity index (χ3v) is 4.76. The highest BCUT2D eigenvalue weighted by molar-refractivity contribution is 6.30. The van der Waals surface area contributed by atoms with Crippen LogP contribution in [-0.2, 0) is 22.7 Å². The van der Waals surface area contributed by atoms with Crippen molar-refractivity contribution in [3.63, 3.8) is 0 Å². The Balaban J connectivity index is 1.46. The van der Waals surface area contributed by atoms with Gasteiger partial charge < -0.3 is 9.15 Å². The third kappa shape index (κ3) is 4.72. The van der Waals surface area contributed by atoms with Crippen LogP contribution in [0.4, 0.5) is 4.79 Å². The molecule has 0 bridgehead atoms. The Hall–Kier alpha value is -4.13. The summed E-state index contributed by atoms with van der Waals surface area (Å²) in [6.45, 7) is 2.40. The normalized spacial score (nSPS) is 15.3. The smallest absolute Gasteiger partial charge is 0.331 e. The second-order valence-electron chi connectivity index (χ2n) is 7.13. The van der Waals surface area contributed by atoms with Crippen LogP contribution in [0.3, 0.4) is 0 Å². The predicted octanol–water partition coefficient (Wildman–Crippen LogP) is 3.83. The van der Waals surface area contributed by atoms with Gasteiger partial charge in [0.05, 0.1) is 12.8 Å². The van der Waals surface area contributed by atoms with E-state index in [0.717, 1.165) is 16.0 Å². The summed E-state index contributed by atoms with van der Waals surface area (Å²) < 4.78 is 11.0. The minimum absolute atomic E-state index is 0.0615. The number of imide groups is 2. The van der Waals surface area contributed by atoms with Crippen molar-refractivity contribution in [2.75, 3.05) is 0 Å². The lowest BCUT2D eigenvalue weighted by atomic mass is 10.1. The van der Waals surface area contributed by atoms with Gasteiger partial charge in [0.2, 0.25) is 0 Å². The summed E-state index contributed by atoms with van der Waals surface area (Å²) in [4.78, 5) is 38.0. The summed E-state index contributed by atoms with van der Waals surface area (Å²) in [5, 5.41) is 2.19. The van der Waals surface area contributed by atoms with Crippen LogP contribution in [-0.4, -0.2) is 22.7 Å². The van der Waals surface area contributed by atoms with Crippen molar-refractivity contribution < 1.29 is 23.5 Å². The number of nitrogens with one attached hydrogen (secondary N) is 1. The lowest BCUT2D eigenvalue weighted by molar-refractivity contribution is -0.130. The van der Waals surface area contributed by atoms with Gasteiger partial charge in [0.15, 0.2) is 0 Å². The highest BCUT2D eigenvalue weighted by Crippen LogP contribution is 2.20. The molecule has 1 aliphatic heterocycles. The van der Waals surface area contributed by atoms with E-state index < -0.39 is 17.8 Å². The molecule has 0 aliphatic carbocycles. The fourth-order valence-corrected chi connectivity index (χ4v) is 3.19. The number of carbonyl (C=O) groups is 3. The number of barbiturate groups is 1. The Bertz CT molecular complexity index is 1150. The molecule has 0 atom stereocenters. The second kappa shape index (κ2) is 8.71. The van der Waals surface area contributed by atoms with Gasteiger partial charge in [-0.1, -0.05) is 42.0 Å². The number of aryl methyl sites for hydroxylation is 1. The largest absolute Gasteiger partial charge is 0.489 e. The van der Waals surface area contributed by atoms with Gasteiger partial charge in [-0.3, -0.25) is 19.8 Å². The molecule has 1 fully saturated rings. The summed E-state index contributed by atoms with van der Waals surface area (Å²) in [5.41, 5.74) is 2.74. The molecule has 7 heteroatoms. The zero-order valence-corrected chi connectivity index (χ0v) is 16.8. The second-order valence-corrected chi connectivity index (χ2v) is 7.13. The standard InChI is InChI=1S/C24H20N2O5/c1-16-4-2-5-18(12-16)15-31-19-9-7-17(8-10-19)13-21-22(27)25-24(29)26(23(21)28)14-20-6-3-11-30-20/h2-13H,14-15H2,1H3,(H,25,27,29)/b21-13+. The van der Waals surface area contributed by atoms with E-state index >= 15 is 0 Å². The molecule has 0 spiro atoms. The molecule has 2 aromatic carbocycles. The fourth-order valence-electron chi connectivity index (χ4n) is 3.19. The van der Waals surface area contributed by atoms with Crippen molar-refractivity contribution in [2.45, 2.75) is 20.1 Å². The van der Waals surface area contributed by atoms with Crippen molar-refractivity contribution in [1.29, 1.82) is 0 Å². The minimum Gasteiger partial charge on any atom is -0.489 e. The molecule has 0 saturated carbocycles. The molecule has 2 heterocycles. The molecule has 156 valence electrons. The van der Waals surface area contributed by atoms with Gasteiger partial charge in [-0.15, -0.1) is 0 Å². The number of ether oxygens (including phenoxy) is 1. The number of carbonyl (C=O) groups excluding carboxylic acids is 3. The van der Waals surface area contributed by atoms with Crippen molar-refractivity contribution in [2.24, 2.45) is 0 Å². The zero-order chi connectivity index (χ0) is 21.8. The average Bonchev–Trinajstić information content (AvgIpc) is 3.27. The molecule has 1 saturated heterocycles. The Morgan fingerprint density at radius 3 is 2.55 bits per heavy atom. The number of rotatable bonds is 6. The zero-order valence-electron chi connectivity index (χ0n) is 16.8. The Morgan fingerprint density at radius 2 is 1.84 bits per heavy atom. The van der Waals surface area contributed by atoms with Crippen molar-refractivity contribution >= 4 is 23.9 Å². The predicted molar refractivity (Wildman–Crippen MR) is 113 cm³/mol. The quantitative estimate of drug-likeness (QED) is 0.487. The molecule has 3 aromatic rings. The monoisotopic (exact) mass is 416 g/mol. The molecule has 0 radical (unpaired) electrons. The first-order valence-electron chi connectivity index (χ1n) is 9.69. The van der Waals surface area contributed by atoms with Crippen molar-refractivity contribution in [3.05, 3.63) is 95.0 Å². The van der Waals surface area contributed by atoms with E-state index in [2.05, 4.69) is 11.4 Å². The SMILES string of the molecule is Cc1cccc(COc2ccc(/C=C3\C(=O)NC(=O)N(Cc4ccco4)C3=O)cc2)c1.